The molecule has 0 fully saturated rings. The van der Waals surface area contributed by atoms with E-state index in [1.807, 2.05) is 29.2 Å². The largest absolute Gasteiger partial charge is 0.490 e. The van der Waals surface area contributed by atoms with E-state index in [9.17, 15) is 27.2 Å². The Balaban J connectivity index is 1.65. The number of carbonyl (C=O) groups is 1. The van der Waals surface area contributed by atoms with E-state index in [1.165, 1.54) is 49.3 Å². The van der Waals surface area contributed by atoms with Gasteiger partial charge in [0.25, 0.3) is 0 Å². The van der Waals surface area contributed by atoms with Gasteiger partial charge in [-0.25, -0.2) is 4.39 Å². The predicted molar refractivity (Wildman–Crippen MR) is 171 cm³/mol. The average Bonchev–Trinajstić information content (AvgIpc) is 3.05. The Morgan fingerprint density at radius 1 is 0.913 bits per heavy atom. The van der Waals surface area contributed by atoms with Crippen LogP contribution < -0.4 is 10.3 Å². The third kappa shape index (κ3) is 9.05. The van der Waals surface area contributed by atoms with E-state index in [2.05, 4.69) is 23.7 Å². The third-order valence-corrected chi connectivity index (χ3v) is 8.69. The minimum absolute atomic E-state index is 0.0115. The quantitative estimate of drug-likeness (QED) is 0.0597. The van der Waals surface area contributed by atoms with Gasteiger partial charge in [0.1, 0.15) is 12.0 Å². The molecule has 1 atom stereocenters. The lowest BCUT2D eigenvalue weighted by molar-refractivity contribution is -0.137. The van der Waals surface area contributed by atoms with E-state index in [0.717, 1.165) is 48.2 Å². The SMILES string of the molecule is CCN(CC)CCN(Cc1ccc(-c2ccc(C(F)(F)F)cc2)cc1)C(C=O)n1cc(OC)c(=O)nc1SCc1ccc(F)cc1. The molecule has 244 valence electrons. The van der Waals surface area contributed by atoms with Crippen molar-refractivity contribution in [3.63, 3.8) is 0 Å². The molecule has 0 amide bonds. The number of rotatable bonds is 15. The molecule has 0 saturated heterocycles. The summed E-state index contributed by atoms with van der Waals surface area (Å²) in [7, 11) is 1.36. The van der Waals surface area contributed by atoms with Gasteiger partial charge >= 0.3 is 11.7 Å². The fourth-order valence-corrected chi connectivity index (χ4v) is 5.88. The molecule has 3 aromatic carbocycles. The molecule has 0 N–H and O–H groups in total. The van der Waals surface area contributed by atoms with Gasteiger partial charge in [0.05, 0.1) is 18.9 Å². The molecule has 1 aromatic heterocycles. The Morgan fingerprint density at radius 2 is 1.50 bits per heavy atom. The van der Waals surface area contributed by atoms with E-state index in [0.29, 0.717) is 36.1 Å². The van der Waals surface area contributed by atoms with Crippen LogP contribution in [0.5, 0.6) is 5.75 Å². The van der Waals surface area contributed by atoms with E-state index < -0.39 is 23.5 Å². The Hall–Kier alpha value is -4.00. The first kappa shape index (κ1) is 34.9. The van der Waals surface area contributed by atoms with Gasteiger partial charge in [-0.2, -0.15) is 18.2 Å². The summed E-state index contributed by atoms with van der Waals surface area (Å²) in [5.74, 6) is 0.0169. The van der Waals surface area contributed by atoms with Crippen LogP contribution in [0.1, 0.15) is 36.7 Å². The second kappa shape index (κ2) is 16.0. The average molecular weight is 657 g/mol. The van der Waals surface area contributed by atoms with Crippen molar-refractivity contribution in [1.82, 2.24) is 19.4 Å². The highest BCUT2D eigenvalue weighted by atomic mass is 32.2. The number of hydrogen-bond acceptors (Lipinski definition) is 7. The molecule has 0 saturated carbocycles. The second-order valence-corrected chi connectivity index (χ2v) is 11.5. The number of aldehydes is 1. The highest BCUT2D eigenvalue weighted by Crippen LogP contribution is 2.31. The van der Waals surface area contributed by atoms with Crippen molar-refractivity contribution in [2.45, 2.75) is 43.6 Å². The Kier molecular flexibility index (Phi) is 12.1. The lowest BCUT2D eigenvalue weighted by Gasteiger charge is -2.32. The maximum atomic E-state index is 13.4. The summed E-state index contributed by atoms with van der Waals surface area (Å²) in [6.45, 7) is 7.30. The summed E-state index contributed by atoms with van der Waals surface area (Å²) >= 11 is 1.25. The first-order valence-electron chi connectivity index (χ1n) is 14.8. The molecule has 0 radical (unpaired) electrons. The standard InChI is InChI=1S/C34H36F4N4O3S/c1-4-40(5-2)18-19-41(20-24-6-10-26(11-7-24)27-12-14-28(15-13-27)34(36,37)38)31(22-43)42-21-30(45-3)32(44)39-33(42)46-23-25-8-16-29(35)17-9-25/h6-17,21-22,31H,4-5,18-20,23H2,1-3H3. The topological polar surface area (TPSA) is 67.7 Å². The molecule has 0 bridgehead atoms. The first-order valence-corrected chi connectivity index (χ1v) is 15.8. The van der Waals surface area contributed by atoms with Crippen molar-refractivity contribution in [3.05, 3.63) is 112 Å². The zero-order chi connectivity index (χ0) is 33.3. The third-order valence-electron chi connectivity index (χ3n) is 7.65. The van der Waals surface area contributed by atoms with Crippen molar-refractivity contribution >= 4 is 18.0 Å². The van der Waals surface area contributed by atoms with Gasteiger partial charge in [0, 0.05) is 25.4 Å². The van der Waals surface area contributed by atoms with Crippen LogP contribution in [0.3, 0.4) is 0 Å². The highest BCUT2D eigenvalue weighted by molar-refractivity contribution is 7.98. The molecule has 4 rings (SSSR count). The number of aromatic nitrogens is 2. The van der Waals surface area contributed by atoms with Crippen LogP contribution in [-0.4, -0.2) is 58.9 Å². The van der Waals surface area contributed by atoms with E-state index in [-0.39, 0.29) is 11.6 Å². The number of likely N-dealkylation sites (N-methyl/N-ethyl adjacent to an activating group) is 1. The van der Waals surface area contributed by atoms with Crippen LogP contribution in [-0.2, 0) is 23.3 Å². The molecular weight excluding hydrogens is 620 g/mol. The number of thioether (sulfide) groups is 1. The number of benzene rings is 3. The maximum absolute atomic E-state index is 13.4. The van der Waals surface area contributed by atoms with Crippen LogP contribution in [0.25, 0.3) is 11.1 Å². The summed E-state index contributed by atoms with van der Waals surface area (Å²) in [4.78, 5) is 34.0. The molecule has 0 aliphatic rings. The summed E-state index contributed by atoms with van der Waals surface area (Å²) < 4.78 is 59.4. The van der Waals surface area contributed by atoms with Crippen molar-refractivity contribution < 1.29 is 27.1 Å². The Morgan fingerprint density at radius 3 is 2.04 bits per heavy atom. The molecule has 46 heavy (non-hydrogen) atoms. The summed E-state index contributed by atoms with van der Waals surface area (Å²) in [5.41, 5.74) is 1.82. The monoisotopic (exact) mass is 656 g/mol. The number of nitrogens with zero attached hydrogens (tertiary/aromatic N) is 4. The number of methoxy groups -OCH3 is 1. The van der Waals surface area contributed by atoms with Crippen LogP contribution in [0.4, 0.5) is 17.6 Å². The molecule has 0 spiro atoms. The Bertz CT molecular complexity index is 1630. The zero-order valence-electron chi connectivity index (χ0n) is 25.8. The summed E-state index contributed by atoms with van der Waals surface area (Å²) in [6, 6.07) is 18.5. The minimum Gasteiger partial charge on any atom is -0.490 e. The highest BCUT2D eigenvalue weighted by Gasteiger charge is 2.30. The van der Waals surface area contributed by atoms with Gasteiger partial charge in [0.15, 0.2) is 11.4 Å². The van der Waals surface area contributed by atoms with Gasteiger partial charge in [-0.05, 0) is 59.6 Å². The van der Waals surface area contributed by atoms with E-state index in [1.54, 1.807) is 16.7 Å². The Labute approximate surface area is 269 Å². The normalized spacial score (nSPS) is 12.5. The summed E-state index contributed by atoms with van der Waals surface area (Å²) in [5, 5.41) is 0.303. The van der Waals surface area contributed by atoms with Gasteiger partial charge in [-0.1, -0.05) is 74.1 Å². The zero-order valence-corrected chi connectivity index (χ0v) is 26.7. The van der Waals surface area contributed by atoms with E-state index in [4.69, 9.17) is 4.74 Å². The molecule has 0 aliphatic heterocycles. The lowest BCUT2D eigenvalue weighted by atomic mass is 10.0. The molecule has 1 unspecified atom stereocenters. The fraction of sp³-hybridized carbons (Fsp3) is 0.324. The molecule has 0 aliphatic carbocycles. The van der Waals surface area contributed by atoms with Crippen molar-refractivity contribution in [3.8, 4) is 16.9 Å². The van der Waals surface area contributed by atoms with Crippen LogP contribution >= 0.6 is 11.8 Å². The van der Waals surface area contributed by atoms with Crippen LogP contribution in [0.15, 0.2) is 88.9 Å². The molecular formula is C34H36F4N4O3S. The van der Waals surface area contributed by atoms with Crippen molar-refractivity contribution in [2.75, 3.05) is 33.3 Å². The number of halogens is 4. The fourth-order valence-electron chi connectivity index (χ4n) is 4.93. The predicted octanol–water partition coefficient (Wildman–Crippen LogP) is 6.91. The van der Waals surface area contributed by atoms with Gasteiger partial charge < -0.3 is 14.2 Å². The van der Waals surface area contributed by atoms with Gasteiger partial charge in [-0.15, -0.1) is 0 Å². The molecule has 12 heteroatoms. The number of carbonyl (C=O) groups excluding carboxylic acids is 1. The van der Waals surface area contributed by atoms with Gasteiger partial charge in [0.2, 0.25) is 5.75 Å². The van der Waals surface area contributed by atoms with Crippen molar-refractivity contribution in [1.29, 1.82) is 0 Å². The molecule has 4 aromatic rings. The van der Waals surface area contributed by atoms with Crippen molar-refractivity contribution in [2.24, 2.45) is 0 Å². The second-order valence-electron chi connectivity index (χ2n) is 10.5. The number of ether oxygens (including phenoxy) is 1. The minimum atomic E-state index is -4.41. The molecule has 7 nitrogen and oxygen atoms in total. The van der Waals surface area contributed by atoms with Crippen LogP contribution in [0.2, 0.25) is 0 Å². The summed E-state index contributed by atoms with van der Waals surface area (Å²) in [6.07, 6.45) is -2.98. The van der Waals surface area contributed by atoms with Gasteiger partial charge in [-0.3, -0.25) is 14.5 Å². The molecule has 1 heterocycles. The number of hydrogen-bond donors (Lipinski definition) is 0. The lowest BCUT2D eigenvalue weighted by Crippen LogP contribution is -2.40. The number of alkyl halides is 3. The smallest absolute Gasteiger partial charge is 0.416 e. The maximum Gasteiger partial charge on any atom is 0.416 e. The van der Waals surface area contributed by atoms with Crippen LogP contribution in [0, 0.1) is 5.82 Å². The van der Waals surface area contributed by atoms with E-state index >= 15 is 0 Å². The first-order chi connectivity index (χ1) is 22.1.